The summed E-state index contributed by atoms with van der Waals surface area (Å²) in [5, 5.41) is 6.93. The van der Waals surface area contributed by atoms with E-state index >= 15 is 0 Å². The van der Waals surface area contributed by atoms with Gasteiger partial charge in [0.25, 0.3) is 0 Å². The fourth-order valence-corrected chi connectivity index (χ4v) is 2.65. The summed E-state index contributed by atoms with van der Waals surface area (Å²) in [5.41, 5.74) is 2.80. The van der Waals surface area contributed by atoms with Crippen molar-refractivity contribution < 1.29 is 14.3 Å². The van der Waals surface area contributed by atoms with Crippen molar-refractivity contribution in [2.45, 2.75) is 19.8 Å². The van der Waals surface area contributed by atoms with E-state index in [9.17, 15) is 9.59 Å². The van der Waals surface area contributed by atoms with Gasteiger partial charge in [-0.1, -0.05) is 12.1 Å². The second-order valence-electron chi connectivity index (χ2n) is 4.89. The number of hydrogen-bond acceptors (Lipinski definition) is 4. The summed E-state index contributed by atoms with van der Waals surface area (Å²) in [5.74, 6) is -0.371. The van der Waals surface area contributed by atoms with Gasteiger partial charge in [-0.05, 0) is 59.5 Å². The number of aryl methyl sites for hydroxylation is 1. The molecule has 0 aliphatic rings. The molecule has 0 bridgehead atoms. The summed E-state index contributed by atoms with van der Waals surface area (Å²) in [4.78, 5) is 23.1. The smallest absolute Gasteiger partial charge is 0.330 e. The zero-order valence-corrected chi connectivity index (χ0v) is 13.8. The van der Waals surface area contributed by atoms with Gasteiger partial charge in [-0.25, -0.2) is 4.79 Å². The van der Waals surface area contributed by atoms with Crippen molar-refractivity contribution in [1.82, 2.24) is 0 Å². The maximum Gasteiger partial charge on any atom is 0.330 e. The number of esters is 1. The summed E-state index contributed by atoms with van der Waals surface area (Å²) in [7, 11) is 0. The Hall–Kier alpha value is -2.40. The van der Waals surface area contributed by atoms with Crippen LogP contribution in [0.15, 0.2) is 47.2 Å². The van der Waals surface area contributed by atoms with Gasteiger partial charge in [0.1, 0.15) is 0 Å². The van der Waals surface area contributed by atoms with Gasteiger partial charge in [-0.2, -0.15) is 11.3 Å². The number of ether oxygens (including phenoxy) is 1. The molecular formula is C18H19NO3S. The minimum absolute atomic E-state index is 0.00832. The fourth-order valence-electron chi connectivity index (χ4n) is 1.95. The van der Waals surface area contributed by atoms with Crippen molar-refractivity contribution in [3.05, 3.63) is 58.3 Å². The van der Waals surface area contributed by atoms with Crippen molar-refractivity contribution in [2.24, 2.45) is 0 Å². The summed E-state index contributed by atoms with van der Waals surface area (Å²) in [6.07, 6.45) is 4.27. The van der Waals surface area contributed by atoms with E-state index in [1.807, 2.05) is 35.7 Å². The second kappa shape index (κ2) is 8.90. The largest absolute Gasteiger partial charge is 0.463 e. The van der Waals surface area contributed by atoms with Crippen LogP contribution in [0.2, 0.25) is 0 Å². The number of hydrogen-bond donors (Lipinski definition) is 1. The van der Waals surface area contributed by atoms with Crippen LogP contribution in [-0.4, -0.2) is 18.5 Å². The molecular weight excluding hydrogens is 310 g/mol. The maximum atomic E-state index is 11.9. The summed E-state index contributed by atoms with van der Waals surface area (Å²) >= 11 is 1.64. The van der Waals surface area contributed by atoms with Crippen molar-refractivity contribution in [1.29, 1.82) is 0 Å². The minimum Gasteiger partial charge on any atom is -0.463 e. The van der Waals surface area contributed by atoms with Gasteiger partial charge in [0.2, 0.25) is 5.91 Å². The summed E-state index contributed by atoms with van der Waals surface area (Å²) < 4.78 is 4.82. The Bertz CT molecular complexity index is 660. The molecule has 1 aromatic carbocycles. The molecule has 1 aromatic heterocycles. The Morgan fingerprint density at radius 2 is 2.00 bits per heavy atom. The number of carbonyl (C=O) groups is 2. The van der Waals surface area contributed by atoms with E-state index in [0.29, 0.717) is 13.0 Å². The lowest BCUT2D eigenvalue weighted by Crippen LogP contribution is -2.12. The Morgan fingerprint density at radius 1 is 1.22 bits per heavy atom. The van der Waals surface area contributed by atoms with E-state index in [1.54, 1.807) is 24.3 Å². The van der Waals surface area contributed by atoms with Gasteiger partial charge in [-0.15, -0.1) is 0 Å². The van der Waals surface area contributed by atoms with Crippen LogP contribution >= 0.6 is 11.3 Å². The van der Waals surface area contributed by atoms with Crippen LogP contribution in [-0.2, 0) is 20.7 Å². The highest BCUT2D eigenvalue weighted by Crippen LogP contribution is 2.13. The van der Waals surface area contributed by atoms with Crippen LogP contribution in [0, 0.1) is 0 Å². The van der Waals surface area contributed by atoms with Crippen LogP contribution in [0.4, 0.5) is 5.69 Å². The Morgan fingerprint density at radius 3 is 2.65 bits per heavy atom. The molecule has 120 valence electrons. The lowest BCUT2D eigenvalue weighted by molar-refractivity contribution is -0.137. The lowest BCUT2D eigenvalue weighted by atomic mass is 10.1. The zero-order chi connectivity index (χ0) is 16.5. The molecule has 0 spiro atoms. The van der Waals surface area contributed by atoms with E-state index in [2.05, 4.69) is 10.7 Å². The molecule has 5 heteroatoms. The van der Waals surface area contributed by atoms with Crippen LogP contribution in [0.5, 0.6) is 0 Å². The van der Waals surface area contributed by atoms with E-state index in [-0.39, 0.29) is 11.9 Å². The molecule has 2 rings (SSSR count). The summed E-state index contributed by atoms with van der Waals surface area (Å²) in [6.45, 7) is 2.13. The molecule has 0 unspecified atom stereocenters. The van der Waals surface area contributed by atoms with Crippen molar-refractivity contribution >= 4 is 35.0 Å². The highest BCUT2D eigenvalue weighted by atomic mass is 32.1. The predicted octanol–water partition coefficient (Wildman–Crippen LogP) is 3.90. The standard InChI is InChI=1S/C18H19NO3S/c1-2-22-18(21)10-6-14-3-7-16(8-4-14)19-17(20)9-5-15-11-12-23-13-15/h3-4,6-8,10-13H,2,5,9H2,1H3,(H,19,20)/b10-6+. The average Bonchev–Trinajstić information content (AvgIpc) is 3.06. The van der Waals surface area contributed by atoms with Gasteiger partial charge in [0, 0.05) is 18.2 Å². The monoisotopic (exact) mass is 329 g/mol. The van der Waals surface area contributed by atoms with Gasteiger partial charge < -0.3 is 10.1 Å². The van der Waals surface area contributed by atoms with Crippen LogP contribution in [0.3, 0.4) is 0 Å². The topological polar surface area (TPSA) is 55.4 Å². The molecule has 0 aliphatic carbocycles. The predicted molar refractivity (Wildman–Crippen MR) is 93.4 cm³/mol. The molecule has 0 atom stereocenters. The maximum absolute atomic E-state index is 11.9. The third-order valence-corrected chi connectivity index (χ3v) is 3.85. The highest BCUT2D eigenvalue weighted by molar-refractivity contribution is 7.07. The quantitative estimate of drug-likeness (QED) is 0.619. The first-order valence-electron chi connectivity index (χ1n) is 7.43. The Balaban J connectivity index is 1.82. The number of anilines is 1. The first kappa shape index (κ1) is 17.0. The molecule has 1 heterocycles. The number of carbonyl (C=O) groups excluding carboxylic acids is 2. The lowest BCUT2D eigenvalue weighted by Gasteiger charge is -2.05. The second-order valence-corrected chi connectivity index (χ2v) is 5.67. The molecule has 0 saturated heterocycles. The summed E-state index contributed by atoms with van der Waals surface area (Å²) in [6, 6.07) is 9.33. The average molecular weight is 329 g/mol. The normalized spacial score (nSPS) is 10.7. The first-order valence-corrected chi connectivity index (χ1v) is 8.37. The highest BCUT2D eigenvalue weighted by Gasteiger charge is 2.03. The number of nitrogens with one attached hydrogen (secondary N) is 1. The molecule has 1 N–H and O–H groups in total. The van der Waals surface area contributed by atoms with Gasteiger partial charge in [-0.3, -0.25) is 4.79 Å². The fraction of sp³-hybridized carbons (Fsp3) is 0.222. The molecule has 0 fully saturated rings. The van der Waals surface area contributed by atoms with Crippen molar-refractivity contribution in [3.63, 3.8) is 0 Å². The van der Waals surface area contributed by atoms with Crippen LogP contribution in [0.25, 0.3) is 6.08 Å². The van der Waals surface area contributed by atoms with Gasteiger partial charge in [0.15, 0.2) is 0 Å². The van der Waals surface area contributed by atoms with Gasteiger partial charge in [0.05, 0.1) is 6.61 Å². The number of rotatable bonds is 7. The molecule has 0 aliphatic heterocycles. The Labute approximate surface area is 139 Å². The minimum atomic E-state index is -0.363. The first-order chi connectivity index (χ1) is 11.2. The van der Waals surface area contributed by atoms with Crippen LogP contribution in [0.1, 0.15) is 24.5 Å². The van der Waals surface area contributed by atoms with E-state index in [4.69, 9.17) is 4.74 Å². The third-order valence-electron chi connectivity index (χ3n) is 3.11. The molecule has 4 nitrogen and oxygen atoms in total. The molecule has 0 saturated carbocycles. The third kappa shape index (κ3) is 6.08. The van der Waals surface area contributed by atoms with E-state index < -0.39 is 0 Å². The van der Waals surface area contributed by atoms with E-state index in [0.717, 1.165) is 17.7 Å². The Kier molecular flexibility index (Phi) is 6.56. The molecule has 1 amide bonds. The van der Waals surface area contributed by atoms with Gasteiger partial charge >= 0.3 is 5.97 Å². The zero-order valence-electron chi connectivity index (χ0n) is 13.0. The van der Waals surface area contributed by atoms with E-state index in [1.165, 1.54) is 11.6 Å². The van der Waals surface area contributed by atoms with Crippen molar-refractivity contribution in [2.75, 3.05) is 11.9 Å². The van der Waals surface area contributed by atoms with Crippen LogP contribution < -0.4 is 5.32 Å². The number of thiophene rings is 1. The SMILES string of the molecule is CCOC(=O)/C=C/c1ccc(NC(=O)CCc2ccsc2)cc1. The van der Waals surface area contributed by atoms with Crippen molar-refractivity contribution in [3.8, 4) is 0 Å². The number of amides is 1. The molecule has 23 heavy (non-hydrogen) atoms. The molecule has 0 radical (unpaired) electrons. The molecule has 2 aromatic rings. The number of benzene rings is 1.